The maximum atomic E-state index is 13.4. The summed E-state index contributed by atoms with van der Waals surface area (Å²) in [6.07, 6.45) is 2.31. The lowest BCUT2D eigenvalue weighted by molar-refractivity contribution is -0.122. The van der Waals surface area contributed by atoms with E-state index in [0.29, 0.717) is 79.6 Å². The van der Waals surface area contributed by atoms with Gasteiger partial charge < -0.3 is 15.4 Å². The number of benzene rings is 3. The van der Waals surface area contributed by atoms with Crippen LogP contribution in [0.25, 0.3) is 11.1 Å². The Balaban J connectivity index is 1.16. The van der Waals surface area contributed by atoms with Crippen molar-refractivity contribution in [1.82, 2.24) is 14.1 Å². The number of piperidine rings is 1. The molecule has 2 saturated heterocycles. The predicted molar refractivity (Wildman–Crippen MR) is 201 cm³/mol. The van der Waals surface area contributed by atoms with Gasteiger partial charge in [0, 0.05) is 66.8 Å². The SMILES string of the molecule is CCCS(=O)(=O)N1CCN(Cc2ccc(NC(=O)c3ccc(-c4cc(NC(=O)[C@H]5CCCCN5C(=O)OC(C)(C)C)ccc4Cl)cc3)cc2)CC1. The van der Waals surface area contributed by atoms with Gasteiger partial charge in [-0.2, -0.15) is 4.31 Å². The molecule has 0 saturated carbocycles. The molecule has 1 atom stereocenters. The van der Waals surface area contributed by atoms with Crippen molar-refractivity contribution in [2.45, 2.75) is 71.6 Å². The zero-order valence-corrected chi connectivity index (χ0v) is 31.4. The highest BCUT2D eigenvalue weighted by Gasteiger charge is 2.35. The van der Waals surface area contributed by atoms with E-state index in [1.807, 2.05) is 43.3 Å². The van der Waals surface area contributed by atoms with Crippen molar-refractivity contribution < 1.29 is 27.5 Å². The third-order valence-corrected chi connectivity index (χ3v) is 11.3. The molecular formula is C38H48ClN5O6S. The van der Waals surface area contributed by atoms with E-state index in [-0.39, 0.29) is 17.6 Å². The summed E-state index contributed by atoms with van der Waals surface area (Å²) in [6, 6.07) is 19.3. The maximum Gasteiger partial charge on any atom is 0.410 e. The molecule has 3 aromatic rings. The van der Waals surface area contributed by atoms with E-state index in [0.717, 1.165) is 24.0 Å². The lowest BCUT2D eigenvalue weighted by Gasteiger charge is -2.35. The normalized spacial score (nSPS) is 17.5. The van der Waals surface area contributed by atoms with Crippen molar-refractivity contribution in [1.29, 1.82) is 0 Å². The first-order valence-corrected chi connectivity index (χ1v) is 19.5. The molecule has 0 bridgehead atoms. The summed E-state index contributed by atoms with van der Waals surface area (Å²) < 4.78 is 31.9. The number of anilines is 2. The van der Waals surface area contributed by atoms with Crippen molar-refractivity contribution in [3.63, 3.8) is 0 Å². The van der Waals surface area contributed by atoms with Gasteiger partial charge in [-0.3, -0.25) is 19.4 Å². The fourth-order valence-corrected chi connectivity index (χ4v) is 8.02. The quantitative estimate of drug-likeness (QED) is 0.233. The maximum absolute atomic E-state index is 13.4. The van der Waals surface area contributed by atoms with Crippen molar-refractivity contribution >= 4 is 50.9 Å². The molecule has 0 aliphatic carbocycles. The number of hydrogen-bond donors (Lipinski definition) is 2. The minimum atomic E-state index is -3.17. The first-order chi connectivity index (χ1) is 24.2. The molecule has 2 heterocycles. The standard InChI is InChI=1S/C38H48ClN5O6S/c1-5-24-51(48,49)43-22-20-42(21-23-43)26-27-9-15-30(16-10-27)40-35(45)29-13-11-28(12-14-29)32-25-31(17-18-33(32)39)41-36(46)34-8-6-7-19-44(34)37(47)50-38(2,3)4/h9-18,25,34H,5-8,19-24,26H2,1-4H3,(H,40,45)(H,41,46)/t34-/m1/s1. The van der Waals surface area contributed by atoms with Crippen LogP contribution in [0.1, 0.15) is 69.3 Å². The molecule has 11 nitrogen and oxygen atoms in total. The molecule has 5 rings (SSSR count). The Morgan fingerprint density at radius 3 is 2.18 bits per heavy atom. The van der Waals surface area contributed by atoms with Crippen LogP contribution in [0.15, 0.2) is 66.7 Å². The van der Waals surface area contributed by atoms with Gasteiger partial charge in [0.2, 0.25) is 15.9 Å². The number of carbonyl (C=O) groups is 3. The van der Waals surface area contributed by atoms with Crippen LogP contribution in [0.3, 0.4) is 0 Å². The summed E-state index contributed by atoms with van der Waals surface area (Å²) in [6.45, 7) is 10.8. The predicted octanol–water partition coefficient (Wildman–Crippen LogP) is 6.84. The smallest absolute Gasteiger partial charge is 0.410 e. The van der Waals surface area contributed by atoms with E-state index in [4.69, 9.17) is 16.3 Å². The molecule has 0 radical (unpaired) electrons. The summed E-state index contributed by atoms with van der Waals surface area (Å²) in [7, 11) is -3.17. The average molecular weight is 738 g/mol. The van der Waals surface area contributed by atoms with Crippen LogP contribution in [0, 0.1) is 0 Å². The Morgan fingerprint density at radius 1 is 0.863 bits per heavy atom. The first kappa shape index (κ1) is 38.3. The zero-order valence-electron chi connectivity index (χ0n) is 29.8. The number of nitrogens with one attached hydrogen (secondary N) is 2. The molecule has 0 spiro atoms. The van der Waals surface area contributed by atoms with Crippen LogP contribution < -0.4 is 10.6 Å². The molecule has 51 heavy (non-hydrogen) atoms. The van der Waals surface area contributed by atoms with E-state index >= 15 is 0 Å². The van der Waals surface area contributed by atoms with Gasteiger partial charge in [0.1, 0.15) is 11.6 Å². The highest BCUT2D eigenvalue weighted by molar-refractivity contribution is 7.89. The van der Waals surface area contributed by atoms with Gasteiger partial charge in [0.25, 0.3) is 5.91 Å². The van der Waals surface area contributed by atoms with Crippen LogP contribution in [-0.4, -0.2) is 90.5 Å². The Bertz CT molecular complexity index is 1800. The zero-order chi connectivity index (χ0) is 36.8. The van der Waals surface area contributed by atoms with E-state index in [1.54, 1.807) is 55.4 Å². The van der Waals surface area contributed by atoms with Gasteiger partial charge in [-0.05, 0) is 100 Å². The molecule has 3 aromatic carbocycles. The molecule has 2 fully saturated rings. The Hall–Kier alpha value is -3.97. The third-order valence-electron chi connectivity index (χ3n) is 8.93. The second-order valence-corrected chi connectivity index (χ2v) is 16.6. The van der Waals surface area contributed by atoms with E-state index in [2.05, 4.69) is 15.5 Å². The van der Waals surface area contributed by atoms with Crippen LogP contribution in [0.4, 0.5) is 16.2 Å². The summed E-state index contributed by atoms with van der Waals surface area (Å²) >= 11 is 6.57. The number of rotatable bonds is 10. The van der Waals surface area contributed by atoms with Crippen molar-refractivity contribution in [2.24, 2.45) is 0 Å². The Morgan fingerprint density at radius 2 is 1.53 bits per heavy atom. The molecule has 0 aromatic heterocycles. The minimum absolute atomic E-state index is 0.188. The molecule has 274 valence electrons. The number of halogens is 1. The van der Waals surface area contributed by atoms with E-state index < -0.39 is 27.8 Å². The van der Waals surface area contributed by atoms with Crippen LogP contribution in [0.5, 0.6) is 0 Å². The van der Waals surface area contributed by atoms with Crippen molar-refractivity contribution in [3.8, 4) is 11.1 Å². The van der Waals surface area contributed by atoms with Gasteiger partial charge in [0.05, 0.1) is 5.75 Å². The lowest BCUT2D eigenvalue weighted by atomic mass is 10.0. The highest BCUT2D eigenvalue weighted by atomic mass is 35.5. The van der Waals surface area contributed by atoms with Crippen LogP contribution in [0.2, 0.25) is 5.02 Å². The molecule has 2 N–H and O–H groups in total. The summed E-state index contributed by atoms with van der Waals surface area (Å²) in [5.74, 6) is -0.353. The monoisotopic (exact) mass is 737 g/mol. The second-order valence-electron chi connectivity index (χ2n) is 14.1. The lowest BCUT2D eigenvalue weighted by Crippen LogP contribution is -2.51. The first-order valence-electron chi connectivity index (χ1n) is 17.5. The van der Waals surface area contributed by atoms with Crippen molar-refractivity contribution in [3.05, 3.63) is 82.9 Å². The Kier molecular flexibility index (Phi) is 12.4. The number of amides is 3. The second kappa shape index (κ2) is 16.6. The Labute approximate surface area is 306 Å². The minimum Gasteiger partial charge on any atom is -0.444 e. The number of sulfonamides is 1. The van der Waals surface area contributed by atoms with Gasteiger partial charge in [-0.1, -0.05) is 42.8 Å². The molecule has 3 amide bonds. The van der Waals surface area contributed by atoms with Gasteiger partial charge >= 0.3 is 6.09 Å². The molecule has 2 aliphatic rings. The number of nitrogens with zero attached hydrogens (tertiary/aromatic N) is 3. The highest BCUT2D eigenvalue weighted by Crippen LogP contribution is 2.32. The molecular weight excluding hydrogens is 690 g/mol. The number of carbonyl (C=O) groups excluding carboxylic acids is 3. The molecule has 13 heteroatoms. The van der Waals surface area contributed by atoms with Crippen molar-refractivity contribution in [2.75, 3.05) is 49.1 Å². The number of piperazine rings is 1. The molecule has 2 aliphatic heterocycles. The fraction of sp³-hybridized carbons (Fsp3) is 0.447. The van der Waals surface area contributed by atoms with Crippen LogP contribution in [-0.2, 0) is 26.1 Å². The van der Waals surface area contributed by atoms with E-state index in [1.165, 1.54) is 4.90 Å². The fourth-order valence-electron chi connectivity index (χ4n) is 6.30. The summed E-state index contributed by atoms with van der Waals surface area (Å²) in [5.41, 5.74) is 3.56. The summed E-state index contributed by atoms with van der Waals surface area (Å²) in [4.78, 5) is 43.0. The summed E-state index contributed by atoms with van der Waals surface area (Å²) in [5, 5.41) is 6.38. The third kappa shape index (κ3) is 10.3. The van der Waals surface area contributed by atoms with E-state index in [9.17, 15) is 22.8 Å². The van der Waals surface area contributed by atoms with Crippen LogP contribution >= 0.6 is 11.6 Å². The van der Waals surface area contributed by atoms with Gasteiger partial charge in [-0.25, -0.2) is 13.2 Å². The topological polar surface area (TPSA) is 128 Å². The number of hydrogen-bond acceptors (Lipinski definition) is 7. The number of ether oxygens (including phenoxy) is 1. The van der Waals surface area contributed by atoms with Gasteiger partial charge in [0.15, 0.2) is 0 Å². The average Bonchev–Trinajstić information content (AvgIpc) is 3.09. The van der Waals surface area contributed by atoms with Gasteiger partial charge in [-0.15, -0.1) is 0 Å². The largest absolute Gasteiger partial charge is 0.444 e. The number of likely N-dealkylation sites (tertiary alicyclic amines) is 1. The molecule has 0 unspecified atom stereocenters.